The van der Waals surface area contributed by atoms with Crippen LogP contribution < -0.4 is 5.32 Å². The first-order chi connectivity index (χ1) is 3.93. The monoisotopic (exact) mass is 111 g/mol. The van der Waals surface area contributed by atoms with Crippen molar-refractivity contribution in [3.63, 3.8) is 0 Å². The average Bonchev–Trinajstić information content (AvgIpc) is 2.19. The summed E-state index contributed by atoms with van der Waals surface area (Å²) in [6, 6.07) is 0.681. The fourth-order valence-electron chi connectivity index (χ4n) is 1.11. The molecule has 1 heteroatoms. The molecular weight excluding hydrogens is 98.1 g/mol. The van der Waals surface area contributed by atoms with Crippen LogP contribution in [0.2, 0.25) is 0 Å². The predicted molar refractivity (Wildman–Crippen MR) is 35.8 cm³/mol. The van der Waals surface area contributed by atoms with E-state index in [1.165, 1.54) is 19.4 Å². The summed E-state index contributed by atoms with van der Waals surface area (Å²) in [5.74, 6) is 0. The molecule has 1 nitrogen and oxygen atoms in total. The van der Waals surface area contributed by atoms with Gasteiger partial charge < -0.3 is 5.32 Å². The number of hydrogen-bond acceptors (Lipinski definition) is 1. The zero-order chi connectivity index (χ0) is 5.82. The second kappa shape index (κ2) is 2.88. The number of hydrogen-bond donors (Lipinski definition) is 1. The van der Waals surface area contributed by atoms with E-state index in [4.69, 9.17) is 0 Å². The summed E-state index contributed by atoms with van der Waals surface area (Å²) in [6.45, 7) is 3.27. The van der Waals surface area contributed by atoms with E-state index in [2.05, 4.69) is 24.4 Å². The molecule has 0 saturated carbocycles. The van der Waals surface area contributed by atoms with Crippen molar-refractivity contribution in [3.8, 4) is 0 Å². The lowest BCUT2D eigenvalue weighted by atomic mass is 10.2. The topological polar surface area (TPSA) is 12.0 Å². The van der Waals surface area contributed by atoms with Gasteiger partial charge >= 0.3 is 0 Å². The van der Waals surface area contributed by atoms with Crippen LogP contribution >= 0.6 is 0 Å². The molecular formula is C7H13N. The van der Waals surface area contributed by atoms with Crippen molar-refractivity contribution in [1.29, 1.82) is 0 Å². The Bertz CT molecular complexity index is 80.4. The maximum absolute atomic E-state index is 3.37. The molecule has 1 saturated heterocycles. The molecule has 0 radical (unpaired) electrons. The van der Waals surface area contributed by atoms with Crippen LogP contribution in [0.3, 0.4) is 0 Å². The van der Waals surface area contributed by atoms with E-state index in [-0.39, 0.29) is 0 Å². The van der Waals surface area contributed by atoms with Crippen molar-refractivity contribution in [2.45, 2.75) is 25.8 Å². The van der Waals surface area contributed by atoms with E-state index in [0.717, 1.165) is 0 Å². The Kier molecular flexibility index (Phi) is 2.10. The first-order valence-corrected chi connectivity index (χ1v) is 3.29. The minimum Gasteiger partial charge on any atom is -0.311 e. The van der Waals surface area contributed by atoms with Crippen LogP contribution in [0.5, 0.6) is 0 Å². The Labute approximate surface area is 50.8 Å². The van der Waals surface area contributed by atoms with Crippen molar-refractivity contribution in [2.75, 3.05) is 6.54 Å². The lowest BCUT2D eigenvalue weighted by Crippen LogP contribution is -2.17. The second-order valence-electron chi connectivity index (χ2n) is 2.23. The number of nitrogens with one attached hydrogen (secondary N) is 1. The van der Waals surface area contributed by atoms with Crippen LogP contribution in [0.4, 0.5) is 0 Å². The normalized spacial score (nSPS) is 29.9. The van der Waals surface area contributed by atoms with Crippen molar-refractivity contribution >= 4 is 0 Å². The van der Waals surface area contributed by atoms with E-state index < -0.39 is 0 Å². The van der Waals surface area contributed by atoms with E-state index in [1.807, 2.05) is 0 Å². The largest absolute Gasteiger partial charge is 0.311 e. The fourth-order valence-corrected chi connectivity index (χ4v) is 1.11. The molecule has 0 bridgehead atoms. The molecule has 1 aliphatic rings. The summed E-state index contributed by atoms with van der Waals surface area (Å²) in [5.41, 5.74) is 0. The van der Waals surface area contributed by atoms with Crippen molar-refractivity contribution in [3.05, 3.63) is 12.2 Å². The molecule has 1 aliphatic heterocycles. The number of allylic oxidation sites excluding steroid dienone is 1. The molecule has 0 amide bonds. The van der Waals surface area contributed by atoms with Crippen LogP contribution in [-0.2, 0) is 0 Å². The SMILES string of the molecule is C/C=C\[C@H]1CCCN1. The highest BCUT2D eigenvalue weighted by Gasteiger charge is 2.08. The third-order valence-electron chi connectivity index (χ3n) is 1.52. The summed E-state index contributed by atoms with van der Waals surface area (Å²) in [6.07, 6.45) is 7.01. The molecule has 0 spiro atoms. The maximum atomic E-state index is 3.37. The van der Waals surface area contributed by atoms with Crippen molar-refractivity contribution in [2.24, 2.45) is 0 Å². The second-order valence-corrected chi connectivity index (χ2v) is 2.23. The van der Waals surface area contributed by atoms with E-state index in [9.17, 15) is 0 Å². The molecule has 0 aromatic rings. The average molecular weight is 111 g/mol. The zero-order valence-electron chi connectivity index (χ0n) is 5.35. The standard InChI is InChI=1S/C7H13N/c1-2-4-7-5-3-6-8-7/h2,4,7-8H,3,5-6H2,1H3/b4-2-/t7-/m0/s1. The molecule has 1 atom stereocenters. The van der Waals surface area contributed by atoms with Gasteiger partial charge in [-0.1, -0.05) is 12.2 Å². The van der Waals surface area contributed by atoms with Gasteiger partial charge in [0, 0.05) is 6.04 Å². The molecule has 1 N–H and O–H groups in total. The molecule has 0 aliphatic carbocycles. The molecule has 1 heterocycles. The van der Waals surface area contributed by atoms with Gasteiger partial charge in [0.1, 0.15) is 0 Å². The van der Waals surface area contributed by atoms with Crippen molar-refractivity contribution < 1.29 is 0 Å². The summed E-state index contributed by atoms with van der Waals surface area (Å²) >= 11 is 0. The zero-order valence-corrected chi connectivity index (χ0v) is 5.35. The Hall–Kier alpha value is -0.300. The Balaban J connectivity index is 2.24. The lowest BCUT2D eigenvalue weighted by molar-refractivity contribution is 0.727. The van der Waals surface area contributed by atoms with Gasteiger partial charge in [0.05, 0.1) is 0 Å². The molecule has 0 aromatic carbocycles. The minimum atomic E-state index is 0.681. The first-order valence-electron chi connectivity index (χ1n) is 3.29. The van der Waals surface area contributed by atoms with Gasteiger partial charge in [-0.05, 0) is 26.3 Å². The van der Waals surface area contributed by atoms with E-state index >= 15 is 0 Å². The third-order valence-corrected chi connectivity index (χ3v) is 1.52. The highest BCUT2D eigenvalue weighted by Crippen LogP contribution is 2.04. The highest BCUT2D eigenvalue weighted by molar-refractivity contribution is 4.93. The van der Waals surface area contributed by atoms with Crippen LogP contribution in [0.1, 0.15) is 19.8 Å². The van der Waals surface area contributed by atoms with Crippen LogP contribution in [0.25, 0.3) is 0 Å². The summed E-state index contributed by atoms with van der Waals surface area (Å²) in [7, 11) is 0. The minimum absolute atomic E-state index is 0.681. The van der Waals surface area contributed by atoms with Gasteiger partial charge in [0.15, 0.2) is 0 Å². The van der Waals surface area contributed by atoms with Gasteiger partial charge in [0.2, 0.25) is 0 Å². The molecule has 46 valence electrons. The van der Waals surface area contributed by atoms with Gasteiger partial charge in [-0.25, -0.2) is 0 Å². The van der Waals surface area contributed by atoms with Crippen LogP contribution in [0.15, 0.2) is 12.2 Å². The van der Waals surface area contributed by atoms with Gasteiger partial charge in [-0.15, -0.1) is 0 Å². The van der Waals surface area contributed by atoms with E-state index in [1.54, 1.807) is 0 Å². The Morgan fingerprint density at radius 1 is 1.62 bits per heavy atom. The molecule has 0 unspecified atom stereocenters. The lowest BCUT2D eigenvalue weighted by Gasteiger charge is -1.99. The number of rotatable bonds is 1. The smallest absolute Gasteiger partial charge is 0.0250 e. The summed E-state index contributed by atoms with van der Waals surface area (Å²) < 4.78 is 0. The summed E-state index contributed by atoms with van der Waals surface area (Å²) in [5, 5.41) is 3.37. The third kappa shape index (κ3) is 1.34. The quantitative estimate of drug-likeness (QED) is 0.503. The maximum Gasteiger partial charge on any atom is 0.0250 e. The molecule has 0 aromatic heterocycles. The van der Waals surface area contributed by atoms with Crippen LogP contribution in [0, 0.1) is 0 Å². The predicted octanol–water partition coefficient (Wildman–Crippen LogP) is 1.31. The molecule has 1 rings (SSSR count). The fraction of sp³-hybridized carbons (Fsp3) is 0.714. The molecule has 1 fully saturated rings. The molecule has 8 heavy (non-hydrogen) atoms. The van der Waals surface area contributed by atoms with Crippen molar-refractivity contribution in [1.82, 2.24) is 5.32 Å². The summed E-state index contributed by atoms with van der Waals surface area (Å²) in [4.78, 5) is 0. The Morgan fingerprint density at radius 3 is 3.00 bits per heavy atom. The van der Waals surface area contributed by atoms with Gasteiger partial charge in [0.25, 0.3) is 0 Å². The first kappa shape index (κ1) is 5.83. The Morgan fingerprint density at radius 2 is 2.50 bits per heavy atom. The van der Waals surface area contributed by atoms with E-state index in [0.29, 0.717) is 6.04 Å². The van der Waals surface area contributed by atoms with Gasteiger partial charge in [-0.3, -0.25) is 0 Å². The van der Waals surface area contributed by atoms with Gasteiger partial charge in [-0.2, -0.15) is 0 Å². The van der Waals surface area contributed by atoms with Crippen LogP contribution in [-0.4, -0.2) is 12.6 Å². The highest BCUT2D eigenvalue weighted by atomic mass is 14.9.